The lowest BCUT2D eigenvalue weighted by atomic mass is 9.97. The number of nitrogens with one attached hydrogen (secondary N) is 1. The fourth-order valence-electron chi connectivity index (χ4n) is 2.76. The Balaban J connectivity index is 1.80. The Kier molecular flexibility index (Phi) is 5.87. The maximum atomic E-state index is 5.92. The number of rotatable bonds is 7. The summed E-state index contributed by atoms with van der Waals surface area (Å²) in [7, 11) is 0. The van der Waals surface area contributed by atoms with E-state index in [-0.39, 0.29) is 6.10 Å². The molecule has 19 heavy (non-hydrogen) atoms. The first-order valence-electron chi connectivity index (χ1n) is 7.74. The Morgan fingerprint density at radius 1 is 1.32 bits per heavy atom. The van der Waals surface area contributed by atoms with Crippen molar-refractivity contribution in [3.8, 4) is 0 Å². The molecule has 0 aliphatic carbocycles. The average Bonchev–Trinajstić information content (AvgIpc) is 2.45. The number of fused-ring (bicyclic) bond motifs is 1. The van der Waals surface area contributed by atoms with Crippen LogP contribution in [0.3, 0.4) is 0 Å². The molecule has 2 unspecified atom stereocenters. The predicted molar refractivity (Wildman–Crippen MR) is 80.4 cm³/mol. The minimum atomic E-state index is 0.235. The first-order chi connectivity index (χ1) is 9.31. The van der Waals surface area contributed by atoms with E-state index in [2.05, 4.69) is 43.4 Å². The molecule has 2 rings (SSSR count). The largest absolute Gasteiger partial charge is 0.372 e. The van der Waals surface area contributed by atoms with Crippen LogP contribution in [0.1, 0.15) is 56.8 Å². The summed E-state index contributed by atoms with van der Waals surface area (Å²) in [5.41, 5.74) is 2.83. The molecule has 0 spiro atoms. The Bertz CT molecular complexity index is 377. The Hall–Kier alpha value is -0.860. The highest BCUT2D eigenvalue weighted by Crippen LogP contribution is 2.26. The molecule has 1 aromatic rings. The molecule has 2 heteroatoms. The van der Waals surface area contributed by atoms with Crippen LogP contribution in [0, 0.1) is 0 Å². The van der Waals surface area contributed by atoms with E-state index >= 15 is 0 Å². The van der Waals surface area contributed by atoms with Gasteiger partial charge >= 0.3 is 0 Å². The van der Waals surface area contributed by atoms with Crippen molar-refractivity contribution in [1.29, 1.82) is 0 Å². The molecule has 0 amide bonds. The summed E-state index contributed by atoms with van der Waals surface area (Å²) < 4.78 is 5.92. The zero-order valence-electron chi connectivity index (χ0n) is 12.3. The number of unbranched alkanes of at least 4 members (excludes halogenated alkanes) is 2. The number of ether oxygens (including phenoxy) is 1. The van der Waals surface area contributed by atoms with Crippen molar-refractivity contribution >= 4 is 0 Å². The molecule has 0 saturated heterocycles. The molecule has 0 saturated carbocycles. The lowest BCUT2D eigenvalue weighted by Gasteiger charge is -2.27. The van der Waals surface area contributed by atoms with E-state index in [1.165, 1.54) is 36.8 Å². The second-order valence-electron chi connectivity index (χ2n) is 5.61. The van der Waals surface area contributed by atoms with E-state index in [4.69, 9.17) is 4.74 Å². The molecule has 0 bridgehead atoms. The molecule has 1 heterocycles. The summed E-state index contributed by atoms with van der Waals surface area (Å²) in [6, 6.07) is 9.27. The first kappa shape index (κ1) is 14.5. The van der Waals surface area contributed by atoms with Crippen LogP contribution in [0.15, 0.2) is 24.3 Å². The van der Waals surface area contributed by atoms with Crippen molar-refractivity contribution in [3.05, 3.63) is 35.4 Å². The van der Waals surface area contributed by atoms with E-state index in [1.54, 1.807) is 0 Å². The summed E-state index contributed by atoms with van der Waals surface area (Å²) in [4.78, 5) is 0. The lowest BCUT2D eigenvalue weighted by Crippen LogP contribution is -2.33. The third kappa shape index (κ3) is 4.32. The van der Waals surface area contributed by atoms with Crippen LogP contribution in [-0.2, 0) is 11.2 Å². The van der Waals surface area contributed by atoms with Crippen LogP contribution in [0.2, 0.25) is 0 Å². The third-order valence-electron chi connectivity index (χ3n) is 3.98. The minimum Gasteiger partial charge on any atom is -0.372 e. The fourth-order valence-corrected chi connectivity index (χ4v) is 2.76. The summed E-state index contributed by atoms with van der Waals surface area (Å²) in [5, 5.41) is 3.63. The van der Waals surface area contributed by atoms with Gasteiger partial charge in [0.25, 0.3) is 0 Å². The van der Waals surface area contributed by atoms with Gasteiger partial charge in [-0.25, -0.2) is 0 Å². The van der Waals surface area contributed by atoms with Crippen molar-refractivity contribution in [3.63, 3.8) is 0 Å². The van der Waals surface area contributed by atoms with E-state index in [1.807, 2.05) is 0 Å². The Labute approximate surface area is 117 Å². The quantitative estimate of drug-likeness (QED) is 0.753. The second-order valence-corrected chi connectivity index (χ2v) is 5.61. The van der Waals surface area contributed by atoms with Crippen molar-refractivity contribution in [2.45, 2.75) is 58.1 Å². The summed E-state index contributed by atoms with van der Waals surface area (Å²) >= 11 is 0. The fraction of sp³-hybridized carbons (Fsp3) is 0.647. The van der Waals surface area contributed by atoms with E-state index in [0.29, 0.717) is 6.04 Å². The SMILES string of the molecule is CCCCCC(C)NCC1OCCc2ccccc21. The normalized spacial score (nSPS) is 20.0. The Morgan fingerprint density at radius 3 is 3.00 bits per heavy atom. The van der Waals surface area contributed by atoms with Crippen LogP contribution in [0.4, 0.5) is 0 Å². The van der Waals surface area contributed by atoms with Gasteiger partial charge < -0.3 is 10.1 Å². The van der Waals surface area contributed by atoms with Crippen LogP contribution >= 0.6 is 0 Å². The van der Waals surface area contributed by atoms with Gasteiger partial charge in [-0.3, -0.25) is 0 Å². The summed E-state index contributed by atoms with van der Waals surface area (Å²) in [5.74, 6) is 0. The molecule has 1 aromatic carbocycles. The monoisotopic (exact) mass is 261 g/mol. The van der Waals surface area contributed by atoms with Crippen LogP contribution < -0.4 is 5.32 Å². The molecular formula is C17H27NO. The maximum absolute atomic E-state index is 5.92. The zero-order valence-corrected chi connectivity index (χ0v) is 12.3. The standard InChI is InChI=1S/C17H27NO/c1-3-4-5-8-14(2)18-13-17-16-10-7-6-9-15(16)11-12-19-17/h6-7,9-10,14,17-18H,3-5,8,11-13H2,1-2H3. The number of hydrogen-bond acceptors (Lipinski definition) is 2. The van der Waals surface area contributed by atoms with Crippen molar-refractivity contribution < 1.29 is 4.74 Å². The van der Waals surface area contributed by atoms with Gasteiger partial charge in [-0.1, -0.05) is 50.5 Å². The zero-order chi connectivity index (χ0) is 13.5. The maximum Gasteiger partial charge on any atom is 0.0952 e. The second kappa shape index (κ2) is 7.66. The predicted octanol–water partition coefficient (Wildman–Crippen LogP) is 3.86. The third-order valence-corrected chi connectivity index (χ3v) is 3.98. The molecule has 1 aliphatic heterocycles. The molecule has 1 aliphatic rings. The van der Waals surface area contributed by atoms with Gasteiger partial charge in [0.2, 0.25) is 0 Å². The minimum absolute atomic E-state index is 0.235. The van der Waals surface area contributed by atoms with Crippen LogP contribution in [0.5, 0.6) is 0 Å². The highest BCUT2D eigenvalue weighted by atomic mass is 16.5. The van der Waals surface area contributed by atoms with Crippen LogP contribution in [0.25, 0.3) is 0 Å². The average molecular weight is 261 g/mol. The van der Waals surface area contributed by atoms with E-state index < -0.39 is 0 Å². The van der Waals surface area contributed by atoms with Crippen LogP contribution in [-0.4, -0.2) is 19.2 Å². The molecule has 2 atom stereocenters. The summed E-state index contributed by atoms with van der Waals surface area (Å²) in [6.07, 6.45) is 6.52. The van der Waals surface area contributed by atoms with Crippen molar-refractivity contribution in [2.75, 3.05) is 13.2 Å². The lowest BCUT2D eigenvalue weighted by molar-refractivity contribution is 0.0408. The molecule has 1 N–H and O–H groups in total. The van der Waals surface area contributed by atoms with Gasteiger partial charge in [0.15, 0.2) is 0 Å². The number of hydrogen-bond donors (Lipinski definition) is 1. The van der Waals surface area contributed by atoms with Gasteiger partial charge in [0.1, 0.15) is 0 Å². The summed E-state index contributed by atoms with van der Waals surface area (Å²) in [6.45, 7) is 6.33. The molecule has 106 valence electrons. The van der Waals surface area contributed by atoms with Crippen molar-refractivity contribution in [2.24, 2.45) is 0 Å². The molecular weight excluding hydrogens is 234 g/mol. The highest BCUT2D eigenvalue weighted by molar-refractivity contribution is 5.31. The van der Waals surface area contributed by atoms with Crippen molar-refractivity contribution in [1.82, 2.24) is 5.32 Å². The first-order valence-corrected chi connectivity index (χ1v) is 7.74. The van der Waals surface area contributed by atoms with Gasteiger partial charge in [-0.05, 0) is 30.9 Å². The van der Waals surface area contributed by atoms with Gasteiger partial charge in [-0.2, -0.15) is 0 Å². The molecule has 0 fully saturated rings. The molecule has 0 aromatic heterocycles. The van der Waals surface area contributed by atoms with Gasteiger partial charge in [-0.15, -0.1) is 0 Å². The van der Waals surface area contributed by atoms with E-state index in [9.17, 15) is 0 Å². The molecule has 2 nitrogen and oxygen atoms in total. The Morgan fingerprint density at radius 2 is 2.16 bits per heavy atom. The van der Waals surface area contributed by atoms with Gasteiger partial charge in [0.05, 0.1) is 12.7 Å². The molecule has 0 radical (unpaired) electrons. The van der Waals surface area contributed by atoms with E-state index in [0.717, 1.165) is 19.6 Å². The highest BCUT2D eigenvalue weighted by Gasteiger charge is 2.20. The van der Waals surface area contributed by atoms with Gasteiger partial charge in [0, 0.05) is 12.6 Å². The topological polar surface area (TPSA) is 21.3 Å². The smallest absolute Gasteiger partial charge is 0.0952 e. The number of benzene rings is 1.